The molecule has 0 saturated carbocycles. The Labute approximate surface area is 167 Å². The number of thioether (sulfide) groups is 1. The van der Waals surface area contributed by atoms with Crippen molar-refractivity contribution in [1.29, 1.82) is 0 Å². The van der Waals surface area contributed by atoms with Gasteiger partial charge in [-0.25, -0.2) is 9.97 Å². The number of benzene rings is 1. The number of hydrogen-bond donors (Lipinski definition) is 1. The SMILES string of the molecule is CCn1c(SCC(=O)NCCc2ccc(OC)cc2)nc2ncccc2c1=O. The van der Waals surface area contributed by atoms with E-state index in [1.165, 1.54) is 11.8 Å². The van der Waals surface area contributed by atoms with Crippen molar-refractivity contribution < 1.29 is 9.53 Å². The van der Waals surface area contributed by atoms with Crippen molar-refractivity contribution in [3.8, 4) is 5.75 Å². The Morgan fingerprint density at radius 2 is 2.04 bits per heavy atom. The fourth-order valence-electron chi connectivity index (χ4n) is 2.74. The number of aromatic nitrogens is 3. The summed E-state index contributed by atoms with van der Waals surface area (Å²) in [5.41, 5.74) is 1.39. The Morgan fingerprint density at radius 3 is 2.75 bits per heavy atom. The molecule has 2 heterocycles. The number of nitrogens with one attached hydrogen (secondary N) is 1. The van der Waals surface area contributed by atoms with Crippen LogP contribution in [0.3, 0.4) is 0 Å². The third kappa shape index (κ3) is 4.69. The average molecular weight is 398 g/mol. The Kier molecular flexibility index (Phi) is 6.65. The van der Waals surface area contributed by atoms with Gasteiger partial charge in [0, 0.05) is 19.3 Å². The lowest BCUT2D eigenvalue weighted by molar-refractivity contribution is -0.118. The number of carbonyl (C=O) groups excluding carboxylic acids is 1. The van der Waals surface area contributed by atoms with E-state index in [4.69, 9.17) is 4.74 Å². The number of hydrogen-bond acceptors (Lipinski definition) is 6. The first-order valence-corrected chi connectivity index (χ1v) is 9.99. The van der Waals surface area contributed by atoms with Gasteiger partial charge >= 0.3 is 0 Å². The maximum atomic E-state index is 12.6. The van der Waals surface area contributed by atoms with Crippen LogP contribution in [0.15, 0.2) is 52.5 Å². The van der Waals surface area contributed by atoms with Crippen LogP contribution in [0.5, 0.6) is 5.75 Å². The molecule has 0 bridgehead atoms. The van der Waals surface area contributed by atoms with Gasteiger partial charge in [0.15, 0.2) is 10.8 Å². The summed E-state index contributed by atoms with van der Waals surface area (Å²) in [6, 6.07) is 11.2. The highest BCUT2D eigenvalue weighted by Crippen LogP contribution is 2.16. The minimum Gasteiger partial charge on any atom is -0.497 e. The molecule has 1 aromatic carbocycles. The van der Waals surface area contributed by atoms with Gasteiger partial charge < -0.3 is 10.1 Å². The van der Waals surface area contributed by atoms with Gasteiger partial charge in [-0.15, -0.1) is 0 Å². The quantitative estimate of drug-likeness (QED) is 0.463. The monoisotopic (exact) mass is 398 g/mol. The molecule has 0 unspecified atom stereocenters. The molecule has 8 heteroatoms. The minimum absolute atomic E-state index is 0.100. The number of pyridine rings is 1. The zero-order valence-electron chi connectivity index (χ0n) is 15.8. The van der Waals surface area contributed by atoms with Gasteiger partial charge in [0.25, 0.3) is 5.56 Å². The molecule has 146 valence electrons. The van der Waals surface area contributed by atoms with Gasteiger partial charge in [0.2, 0.25) is 5.91 Å². The predicted octanol–water partition coefficient (Wildman–Crippen LogP) is 2.27. The second-order valence-corrected chi connectivity index (χ2v) is 7.00. The molecule has 0 fully saturated rings. The van der Waals surface area contributed by atoms with Crippen LogP contribution in [0, 0.1) is 0 Å². The van der Waals surface area contributed by atoms with Gasteiger partial charge in [-0.05, 0) is 43.2 Å². The van der Waals surface area contributed by atoms with Crippen LogP contribution in [-0.4, -0.2) is 39.8 Å². The molecule has 28 heavy (non-hydrogen) atoms. The van der Waals surface area contributed by atoms with Crippen LogP contribution in [0.2, 0.25) is 0 Å². The lowest BCUT2D eigenvalue weighted by atomic mass is 10.1. The number of nitrogens with zero attached hydrogens (tertiary/aromatic N) is 3. The van der Waals surface area contributed by atoms with Crippen LogP contribution >= 0.6 is 11.8 Å². The number of carbonyl (C=O) groups is 1. The molecule has 1 N–H and O–H groups in total. The van der Waals surface area contributed by atoms with E-state index >= 15 is 0 Å². The zero-order chi connectivity index (χ0) is 19.9. The van der Waals surface area contributed by atoms with E-state index in [9.17, 15) is 9.59 Å². The second-order valence-electron chi connectivity index (χ2n) is 6.06. The van der Waals surface area contributed by atoms with Crippen LogP contribution in [-0.2, 0) is 17.8 Å². The third-order valence-electron chi connectivity index (χ3n) is 4.24. The Morgan fingerprint density at radius 1 is 1.25 bits per heavy atom. The van der Waals surface area contributed by atoms with Crippen molar-refractivity contribution in [3.63, 3.8) is 0 Å². The second kappa shape index (κ2) is 9.36. The maximum absolute atomic E-state index is 12.6. The molecule has 0 aliphatic heterocycles. The van der Waals surface area contributed by atoms with E-state index in [1.807, 2.05) is 31.2 Å². The first kappa shape index (κ1) is 19.9. The van der Waals surface area contributed by atoms with Crippen molar-refractivity contribution >= 4 is 28.7 Å². The lowest BCUT2D eigenvalue weighted by Gasteiger charge is -2.11. The first-order valence-electron chi connectivity index (χ1n) is 9.00. The van der Waals surface area contributed by atoms with E-state index < -0.39 is 0 Å². The Hall–Kier alpha value is -2.87. The number of fused-ring (bicyclic) bond motifs is 1. The molecule has 3 aromatic rings. The van der Waals surface area contributed by atoms with Crippen LogP contribution in [0.1, 0.15) is 12.5 Å². The highest BCUT2D eigenvalue weighted by Gasteiger charge is 2.12. The molecule has 0 aliphatic rings. The third-order valence-corrected chi connectivity index (χ3v) is 5.21. The van der Waals surface area contributed by atoms with Crippen molar-refractivity contribution in [2.24, 2.45) is 0 Å². The molecule has 0 atom stereocenters. The van der Waals surface area contributed by atoms with E-state index in [-0.39, 0.29) is 17.2 Å². The molecule has 1 amide bonds. The van der Waals surface area contributed by atoms with E-state index in [2.05, 4.69) is 15.3 Å². The number of ether oxygens (including phenoxy) is 1. The molecular formula is C20H22N4O3S. The molecule has 0 saturated heterocycles. The van der Waals surface area contributed by atoms with Crippen LogP contribution < -0.4 is 15.6 Å². The number of methoxy groups -OCH3 is 1. The van der Waals surface area contributed by atoms with Gasteiger partial charge in [0.1, 0.15) is 5.75 Å². The molecule has 7 nitrogen and oxygen atoms in total. The summed E-state index contributed by atoms with van der Waals surface area (Å²) >= 11 is 1.24. The topological polar surface area (TPSA) is 86.1 Å². The van der Waals surface area contributed by atoms with E-state index in [0.717, 1.165) is 17.7 Å². The zero-order valence-corrected chi connectivity index (χ0v) is 16.7. The van der Waals surface area contributed by atoms with E-state index in [0.29, 0.717) is 29.3 Å². The highest BCUT2D eigenvalue weighted by atomic mass is 32.2. The number of amides is 1. The molecule has 0 radical (unpaired) electrons. The Balaban J connectivity index is 1.57. The summed E-state index contributed by atoms with van der Waals surface area (Å²) < 4.78 is 6.70. The van der Waals surface area contributed by atoms with Crippen molar-refractivity contribution in [1.82, 2.24) is 19.9 Å². The van der Waals surface area contributed by atoms with Crippen LogP contribution in [0.4, 0.5) is 0 Å². The molecule has 2 aromatic heterocycles. The minimum atomic E-state index is -0.136. The molecule has 0 spiro atoms. The summed E-state index contributed by atoms with van der Waals surface area (Å²) in [4.78, 5) is 33.3. The van der Waals surface area contributed by atoms with Gasteiger partial charge in [-0.2, -0.15) is 0 Å². The fourth-order valence-corrected chi connectivity index (χ4v) is 3.63. The standard InChI is InChI=1S/C20H22N4O3S/c1-3-24-19(26)16-5-4-11-22-18(16)23-20(24)28-13-17(25)21-12-10-14-6-8-15(27-2)9-7-14/h4-9,11H,3,10,12-13H2,1-2H3,(H,21,25). The summed E-state index contributed by atoms with van der Waals surface area (Å²) in [5, 5.41) is 3.89. The molecule has 0 aliphatic carbocycles. The summed E-state index contributed by atoms with van der Waals surface area (Å²) in [7, 11) is 1.63. The smallest absolute Gasteiger partial charge is 0.263 e. The van der Waals surface area contributed by atoms with Gasteiger partial charge in [0.05, 0.1) is 18.2 Å². The highest BCUT2D eigenvalue weighted by molar-refractivity contribution is 7.99. The largest absolute Gasteiger partial charge is 0.497 e. The summed E-state index contributed by atoms with van der Waals surface area (Å²) in [6.45, 7) is 2.90. The fraction of sp³-hybridized carbons (Fsp3) is 0.300. The average Bonchev–Trinajstić information content (AvgIpc) is 2.73. The Bertz CT molecular complexity index is 1020. The molecule has 3 rings (SSSR count). The van der Waals surface area contributed by atoms with Crippen molar-refractivity contribution in [3.05, 3.63) is 58.5 Å². The summed E-state index contributed by atoms with van der Waals surface area (Å²) in [5.74, 6) is 0.896. The lowest BCUT2D eigenvalue weighted by Crippen LogP contribution is -2.28. The normalized spacial score (nSPS) is 10.8. The van der Waals surface area contributed by atoms with Crippen molar-refractivity contribution in [2.75, 3.05) is 19.4 Å². The first-order chi connectivity index (χ1) is 13.6. The summed E-state index contributed by atoms with van der Waals surface area (Å²) in [6.07, 6.45) is 2.34. The predicted molar refractivity (Wildman–Crippen MR) is 110 cm³/mol. The van der Waals surface area contributed by atoms with Crippen LogP contribution in [0.25, 0.3) is 11.0 Å². The molecular weight excluding hydrogens is 376 g/mol. The van der Waals surface area contributed by atoms with E-state index in [1.54, 1.807) is 30.0 Å². The number of rotatable bonds is 8. The maximum Gasteiger partial charge on any atom is 0.263 e. The van der Waals surface area contributed by atoms with Crippen molar-refractivity contribution in [2.45, 2.75) is 25.0 Å². The van der Waals surface area contributed by atoms with Gasteiger partial charge in [-0.3, -0.25) is 14.2 Å². The van der Waals surface area contributed by atoms with Gasteiger partial charge in [-0.1, -0.05) is 23.9 Å².